The van der Waals surface area contributed by atoms with Crippen molar-refractivity contribution in [2.24, 2.45) is 9.98 Å². The lowest BCUT2D eigenvalue weighted by Crippen LogP contribution is -2.21. The molecule has 0 saturated heterocycles. The van der Waals surface area contributed by atoms with E-state index in [-0.39, 0.29) is 0 Å². The van der Waals surface area contributed by atoms with Crippen LogP contribution in [-0.4, -0.2) is 12.2 Å². The van der Waals surface area contributed by atoms with Crippen molar-refractivity contribution in [2.45, 2.75) is 32.4 Å². The summed E-state index contributed by atoms with van der Waals surface area (Å²) in [7, 11) is 0. The van der Waals surface area contributed by atoms with Gasteiger partial charge in [0.1, 0.15) is 0 Å². The van der Waals surface area contributed by atoms with Crippen molar-refractivity contribution in [2.75, 3.05) is 0 Å². The second-order valence-corrected chi connectivity index (χ2v) is 3.59. The Bertz CT molecular complexity index is 466. The molecule has 0 amide bonds. The van der Waals surface area contributed by atoms with Gasteiger partial charge in [0.25, 0.3) is 0 Å². The molecule has 0 aromatic heterocycles. The first-order valence-corrected chi connectivity index (χ1v) is 5.50. The largest absolute Gasteiger partial charge is 0.237 e. The van der Waals surface area contributed by atoms with E-state index >= 15 is 0 Å². The zero-order chi connectivity index (χ0) is 12.7. The maximum Gasteiger partial charge on any atom is 0.237 e. The SMILES string of the molecule is CCc1ccccc1C(CC)(N=C=O)N=C=O. The maximum atomic E-state index is 10.5. The summed E-state index contributed by atoms with van der Waals surface area (Å²) >= 11 is 0. The minimum absolute atomic E-state index is 0.411. The highest BCUT2D eigenvalue weighted by Gasteiger charge is 2.31. The first-order valence-electron chi connectivity index (χ1n) is 5.50. The van der Waals surface area contributed by atoms with Gasteiger partial charge in [-0.05, 0) is 18.4 Å². The lowest BCUT2D eigenvalue weighted by molar-refractivity contribution is 0.437. The summed E-state index contributed by atoms with van der Waals surface area (Å²) in [5.74, 6) is 0. The van der Waals surface area contributed by atoms with Crippen LogP contribution >= 0.6 is 0 Å². The van der Waals surface area contributed by atoms with Gasteiger partial charge in [-0.25, -0.2) is 9.59 Å². The Balaban J connectivity index is 3.50. The van der Waals surface area contributed by atoms with Crippen LogP contribution in [0.25, 0.3) is 0 Å². The Hall–Kier alpha value is -2.02. The molecular weight excluding hydrogens is 216 g/mol. The van der Waals surface area contributed by atoms with Gasteiger partial charge in [-0.1, -0.05) is 38.1 Å². The van der Waals surface area contributed by atoms with Crippen LogP contribution in [0.15, 0.2) is 34.3 Å². The summed E-state index contributed by atoms with van der Waals surface area (Å²) in [4.78, 5) is 28.5. The minimum atomic E-state index is -1.17. The van der Waals surface area contributed by atoms with Gasteiger partial charge in [0.05, 0.1) is 0 Å². The predicted octanol–water partition coefficient (Wildman–Crippen LogP) is 2.48. The third-order valence-corrected chi connectivity index (χ3v) is 2.78. The van der Waals surface area contributed by atoms with E-state index in [4.69, 9.17) is 0 Å². The molecule has 1 aromatic rings. The molecule has 0 aliphatic heterocycles. The predicted molar refractivity (Wildman–Crippen MR) is 64.0 cm³/mol. The summed E-state index contributed by atoms with van der Waals surface area (Å²) in [5.41, 5.74) is 0.597. The molecule has 0 unspecified atom stereocenters. The molecule has 4 nitrogen and oxygen atoms in total. The maximum absolute atomic E-state index is 10.5. The molecule has 0 N–H and O–H groups in total. The van der Waals surface area contributed by atoms with E-state index in [1.54, 1.807) is 0 Å². The van der Waals surface area contributed by atoms with Crippen molar-refractivity contribution in [1.29, 1.82) is 0 Å². The first-order chi connectivity index (χ1) is 8.24. The Morgan fingerprint density at radius 1 is 1.12 bits per heavy atom. The van der Waals surface area contributed by atoms with E-state index in [1.165, 1.54) is 12.2 Å². The smallest absolute Gasteiger partial charge is 0.211 e. The number of hydrogen-bond donors (Lipinski definition) is 0. The summed E-state index contributed by atoms with van der Waals surface area (Å²) < 4.78 is 0. The molecule has 0 aliphatic rings. The van der Waals surface area contributed by atoms with Gasteiger partial charge < -0.3 is 0 Å². The van der Waals surface area contributed by atoms with Gasteiger partial charge in [-0.3, -0.25) is 0 Å². The van der Waals surface area contributed by atoms with Gasteiger partial charge >= 0.3 is 0 Å². The summed E-state index contributed by atoms with van der Waals surface area (Å²) in [6.07, 6.45) is 4.18. The first kappa shape index (κ1) is 13.0. The zero-order valence-corrected chi connectivity index (χ0v) is 9.93. The Labute approximate surface area is 100 Å². The van der Waals surface area contributed by atoms with Gasteiger partial charge in [0, 0.05) is 5.56 Å². The number of aryl methyl sites for hydroxylation is 1. The third kappa shape index (κ3) is 2.56. The van der Waals surface area contributed by atoms with Gasteiger partial charge in [0.2, 0.25) is 12.2 Å². The average molecular weight is 230 g/mol. The molecule has 1 rings (SSSR count). The number of carbonyl (C=O) groups excluding carboxylic acids is 2. The highest BCUT2D eigenvalue weighted by Crippen LogP contribution is 2.33. The Kier molecular flexibility index (Phi) is 4.53. The lowest BCUT2D eigenvalue weighted by Gasteiger charge is -2.23. The number of nitrogens with zero attached hydrogens (tertiary/aromatic N) is 2. The molecule has 0 atom stereocenters. The van der Waals surface area contributed by atoms with E-state index in [2.05, 4.69) is 9.98 Å². The molecule has 0 bridgehead atoms. The van der Waals surface area contributed by atoms with Crippen molar-refractivity contribution >= 4 is 12.2 Å². The monoisotopic (exact) mass is 230 g/mol. The van der Waals surface area contributed by atoms with Crippen LogP contribution in [0.2, 0.25) is 0 Å². The van der Waals surface area contributed by atoms with Crippen molar-refractivity contribution in [3.8, 4) is 0 Å². The molecule has 1 aromatic carbocycles. The van der Waals surface area contributed by atoms with Crippen LogP contribution in [0, 0.1) is 0 Å². The van der Waals surface area contributed by atoms with Crippen molar-refractivity contribution in [3.63, 3.8) is 0 Å². The molecule has 17 heavy (non-hydrogen) atoms. The second-order valence-electron chi connectivity index (χ2n) is 3.59. The fraction of sp³-hybridized carbons (Fsp3) is 0.385. The molecule has 0 aliphatic carbocycles. The molecule has 0 fully saturated rings. The summed E-state index contributed by atoms with van der Waals surface area (Å²) in [6.45, 7) is 3.81. The Morgan fingerprint density at radius 3 is 2.18 bits per heavy atom. The number of aliphatic imine (C=N–C) groups is 2. The Morgan fingerprint density at radius 2 is 1.71 bits per heavy atom. The highest BCUT2D eigenvalue weighted by atomic mass is 16.1. The second kappa shape index (κ2) is 5.90. The van der Waals surface area contributed by atoms with Gasteiger partial charge in [0.15, 0.2) is 5.66 Å². The fourth-order valence-corrected chi connectivity index (χ4v) is 1.86. The number of hydrogen-bond acceptors (Lipinski definition) is 4. The highest BCUT2D eigenvalue weighted by molar-refractivity contribution is 5.44. The quantitative estimate of drug-likeness (QED) is 0.576. The van der Waals surface area contributed by atoms with E-state index < -0.39 is 5.66 Å². The zero-order valence-electron chi connectivity index (χ0n) is 9.93. The van der Waals surface area contributed by atoms with Crippen LogP contribution in [0.3, 0.4) is 0 Å². The van der Waals surface area contributed by atoms with E-state index in [1.807, 2.05) is 38.1 Å². The molecule has 4 heteroatoms. The summed E-state index contributed by atoms with van der Waals surface area (Å²) in [6, 6.07) is 7.49. The van der Waals surface area contributed by atoms with Gasteiger partial charge in [-0.2, -0.15) is 9.98 Å². The third-order valence-electron chi connectivity index (χ3n) is 2.78. The molecular formula is C13H14N2O2. The van der Waals surface area contributed by atoms with E-state index in [9.17, 15) is 9.59 Å². The van der Waals surface area contributed by atoms with Crippen LogP contribution in [0.5, 0.6) is 0 Å². The van der Waals surface area contributed by atoms with Crippen LogP contribution in [0.1, 0.15) is 31.4 Å². The fourth-order valence-electron chi connectivity index (χ4n) is 1.86. The molecule has 0 saturated carbocycles. The van der Waals surface area contributed by atoms with Crippen LogP contribution in [-0.2, 0) is 21.7 Å². The normalized spacial score (nSPS) is 13.1. The van der Waals surface area contributed by atoms with E-state index in [0.717, 1.165) is 17.5 Å². The van der Waals surface area contributed by atoms with E-state index in [0.29, 0.717) is 6.42 Å². The molecule has 0 heterocycles. The minimum Gasteiger partial charge on any atom is -0.211 e. The number of benzene rings is 1. The molecule has 0 spiro atoms. The van der Waals surface area contributed by atoms with Crippen molar-refractivity contribution in [1.82, 2.24) is 0 Å². The molecule has 0 radical (unpaired) electrons. The van der Waals surface area contributed by atoms with Crippen molar-refractivity contribution < 1.29 is 9.59 Å². The van der Waals surface area contributed by atoms with Crippen LogP contribution in [0.4, 0.5) is 0 Å². The topological polar surface area (TPSA) is 58.9 Å². The standard InChI is InChI=1S/C13H14N2O2/c1-3-11-7-5-6-8-12(11)13(4-2,14-9-16)15-10-17/h5-8H,3-4H2,1-2H3. The van der Waals surface area contributed by atoms with Crippen molar-refractivity contribution in [3.05, 3.63) is 35.4 Å². The lowest BCUT2D eigenvalue weighted by atomic mass is 9.92. The number of rotatable bonds is 5. The summed E-state index contributed by atoms with van der Waals surface area (Å²) in [5, 5.41) is 0. The number of isocyanates is 2. The van der Waals surface area contributed by atoms with Gasteiger partial charge in [-0.15, -0.1) is 0 Å². The van der Waals surface area contributed by atoms with Crippen LogP contribution < -0.4 is 0 Å². The average Bonchev–Trinajstić information content (AvgIpc) is 2.38. The molecule has 88 valence electrons.